The third kappa shape index (κ3) is 2.20. The van der Waals surface area contributed by atoms with Gasteiger partial charge in [0, 0.05) is 6.42 Å². The van der Waals surface area contributed by atoms with Crippen LogP contribution in [0.2, 0.25) is 0 Å². The summed E-state index contributed by atoms with van der Waals surface area (Å²) in [4.78, 5) is 11.0. The molecule has 0 bridgehead atoms. The first-order valence-electron chi connectivity index (χ1n) is 5.57. The SMILES string of the molecule is O=C1C=CC(C2CCCCC2)CC1. The van der Waals surface area contributed by atoms with Crippen LogP contribution in [0.5, 0.6) is 0 Å². The molecule has 2 aliphatic carbocycles. The van der Waals surface area contributed by atoms with Crippen molar-refractivity contribution in [2.75, 3.05) is 0 Å². The minimum absolute atomic E-state index is 0.326. The molecule has 1 unspecified atom stereocenters. The molecule has 0 radical (unpaired) electrons. The fraction of sp³-hybridized carbons (Fsp3) is 0.750. The Morgan fingerprint density at radius 2 is 1.85 bits per heavy atom. The van der Waals surface area contributed by atoms with Crippen LogP contribution in [-0.2, 0) is 4.79 Å². The van der Waals surface area contributed by atoms with Crippen molar-refractivity contribution < 1.29 is 4.79 Å². The van der Waals surface area contributed by atoms with Crippen LogP contribution < -0.4 is 0 Å². The number of hydrogen-bond donors (Lipinski definition) is 0. The number of allylic oxidation sites excluding steroid dienone is 2. The predicted molar refractivity (Wildman–Crippen MR) is 53.4 cm³/mol. The van der Waals surface area contributed by atoms with Crippen LogP contribution in [0.3, 0.4) is 0 Å². The number of carbonyl (C=O) groups is 1. The molecule has 1 saturated carbocycles. The van der Waals surface area contributed by atoms with Crippen LogP contribution in [0.15, 0.2) is 12.2 Å². The molecular weight excluding hydrogens is 160 g/mol. The van der Waals surface area contributed by atoms with Gasteiger partial charge in [0.1, 0.15) is 0 Å². The number of ketones is 1. The predicted octanol–water partition coefficient (Wildman–Crippen LogP) is 3.10. The quantitative estimate of drug-likeness (QED) is 0.603. The topological polar surface area (TPSA) is 17.1 Å². The van der Waals surface area contributed by atoms with E-state index in [1.165, 1.54) is 32.1 Å². The van der Waals surface area contributed by atoms with Crippen molar-refractivity contribution in [3.05, 3.63) is 12.2 Å². The van der Waals surface area contributed by atoms with Crippen LogP contribution in [0.25, 0.3) is 0 Å². The van der Waals surface area contributed by atoms with Crippen LogP contribution >= 0.6 is 0 Å². The molecule has 72 valence electrons. The molecule has 0 heterocycles. The lowest BCUT2D eigenvalue weighted by molar-refractivity contribution is -0.115. The molecule has 1 atom stereocenters. The third-order valence-electron chi connectivity index (χ3n) is 3.51. The Morgan fingerprint density at radius 1 is 1.08 bits per heavy atom. The molecule has 13 heavy (non-hydrogen) atoms. The first-order chi connectivity index (χ1) is 6.36. The van der Waals surface area contributed by atoms with Crippen molar-refractivity contribution in [1.82, 2.24) is 0 Å². The monoisotopic (exact) mass is 178 g/mol. The van der Waals surface area contributed by atoms with Gasteiger partial charge in [0.05, 0.1) is 0 Å². The fourth-order valence-corrected chi connectivity index (χ4v) is 2.67. The molecule has 2 rings (SSSR count). The number of rotatable bonds is 1. The molecule has 0 aromatic rings. The summed E-state index contributed by atoms with van der Waals surface area (Å²) < 4.78 is 0. The molecule has 0 saturated heterocycles. The van der Waals surface area contributed by atoms with Gasteiger partial charge in [-0.15, -0.1) is 0 Å². The van der Waals surface area contributed by atoms with Crippen molar-refractivity contribution in [2.45, 2.75) is 44.9 Å². The normalized spacial score (nSPS) is 30.8. The summed E-state index contributed by atoms with van der Waals surface area (Å²) in [7, 11) is 0. The highest BCUT2D eigenvalue weighted by Crippen LogP contribution is 2.34. The zero-order valence-electron chi connectivity index (χ0n) is 8.17. The molecule has 0 spiro atoms. The first kappa shape index (κ1) is 8.98. The van der Waals surface area contributed by atoms with E-state index in [2.05, 4.69) is 6.08 Å². The maximum Gasteiger partial charge on any atom is 0.155 e. The van der Waals surface area contributed by atoms with E-state index in [9.17, 15) is 4.79 Å². The largest absolute Gasteiger partial charge is 0.295 e. The van der Waals surface area contributed by atoms with E-state index in [4.69, 9.17) is 0 Å². The Labute approximate surface area is 80.2 Å². The standard InChI is InChI=1S/C12H18O/c13-12-8-6-11(7-9-12)10-4-2-1-3-5-10/h6,8,10-11H,1-5,7,9H2. The van der Waals surface area contributed by atoms with E-state index in [1.807, 2.05) is 6.08 Å². The highest BCUT2D eigenvalue weighted by molar-refractivity contribution is 5.90. The Bertz CT molecular complexity index is 211. The zero-order valence-corrected chi connectivity index (χ0v) is 8.17. The van der Waals surface area contributed by atoms with Gasteiger partial charge < -0.3 is 0 Å². The molecule has 0 N–H and O–H groups in total. The highest BCUT2D eigenvalue weighted by atomic mass is 16.1. The lowest BCUT2D eigenvalue weighted by Crippen LogP contribution is -2.19. The average Bonchev–Trinajstić information content (AvgIpc) is 2.20. The Hall–Kier alpha value is -0.590. The smallest absolute Gasteiger partial charge is 0.155 e. The minimum Gasteiger partial charge on any atom is -0.295 e. The molecular formula is C12H18O. The summed E-state index contributed by atoms with van der Waals surface area (Å²) in [5.41, 5.74) is 0. The Kier molecular flexibility index (Phi) is 2.82. The van der Waals surface area contributed by atoms with Crippen molar-refractivity contribution >= 4 is 5.78 Å². The van der Waals surface area contributed by atoms with Gasteiger partial charge in [-0.25, -0.2) is 0 Å². The van der Waals surface area contributed by atoms with Gasteiger partial charge in [0.15, 0.2) is 5.78 Å². The summed E-state index contributed by atoms with van der Waals surface area (Å²) in [5.74, 6) is 1.93. The van der Waals surface area contributed by atoms with Crippen LogP contribution in [0, 0.1) is 11.8 Å². The second-order valence-corrected chi connectivity index (χ2v) is 4.43. The van der Waals surface area contributed by atoms with E-state index in [1.54, 1.807) is 0 Å². The van der Waals surface area contributed by atoms with Crippen molar-refractivity contribution in [3.8, 4) is 0 Å². The van der Waals surface area contributed by atoms with Gasteiger partial charge in [0.2, 0.25) is 0 Å². The summed E-state index contributed by atoms with van der Waals surface area (Å²) in [6, 6.07) is 0. The second-order valence-electron chi connectivity index (χ2n) is 4.43. The van der Waals surface area contributed by atoms with Gasteiger partial charge in [-0.1, -0.05) is 25.3 Å². The minimum atomic E-state index is 0.326. The average molecular weight is 178 g/mol. The second kappa shape index (κ2) is 4.08. The van der Waals surface area contributed by atoms with Gasteiger partial charge in [-0.05, 0) is 37.2 Å². The van der Waals surface area contributed by atoms with Crippen LogP contribution in [-0.4, -0.2) is 5.78 Å². The van der Waals surface area contributed by atoms with Crippen molar-refractivity contribution in [1.29, 1.82) is 0 Å². The molecule has 1 heteroatoms. The molecule has 0 aliphatic heterocycles. The maximum atomic E-state index is 11.0. The van der Waals surface area contributed by atoms with Gasteiger partial charge in [-0.2, -0.15) is 0 Å². The van der Waals surface area contributed by atoms with Crippen LogP contribution in [0.1, 0.15) is 44.9 Å². The van der Waals surface area contributed by atoms with E-state index in [0.29, 0.717) is 5.78 Å². The highest BCUT2D eigenvalue weighted by Gasteiger charge is 2.23. The Balaban J connectivity index is 1.92. The summed E-state index contributed by atoms with van der Waals surface area (Å²) >= 11 is 0. The van der Waals surface area contributed by atoms with E-state index < -0.39 is 0 Å². The van der Waals surface area contributed by atoms with Crippen LogP contribution in [0.4, 0.5) is 0 Å². The van der Waals surface area contributed by atoms with Gasteiger partial charge >= 0.3 is 0 Å². The van der Waals surface area contributed by atoms with Gasteiger partial charge in [-0.3, -0.25) is 4.79 Å². The first-order valence-corrected chi connectivity index (χ1v) is 5.57. The molecule has 1 fully saturated rings. The molecule has 0 aromatic carbocycles. The fourth-order valence-electron chi connectivity index (χ4n) is 2.67. The summed E-state index contributed by atoms with van der Waals surface area (Å²) in [6.07, 6.45) is 12.9. The molecule has 0 amide bonds. The number of carbonyl (C=O) groups excluding carboxylic acids is 1. The summed E-state index contributed by atoms with van der Waals surface area (Å²) in [5, 5.41) is 0. The third-order valence-corrected chi connectivity index (χ3v) is 3.51. The lowest BCUT2D eigenvalue weighted by atomic mass is 9.76. The number of hydrogen-bond acceptors (Lipinski definition) is 1. The van der Waals surface area contributed by atoms with Crippen molar-refractivity contribution in [3.63, 3.8) is 0 Å². The molecule has 0 aromatic heterocycles. The van der Waals surface area contributed by atoms with Gasteiger partial charge in [0.25, 0.3) is 0 Å². The zero-order chi connectivity index (χ0) is 9.10. The van der Waals surface area contributed by atoms with E-state index in [0.717, 1.165) is 24.7 Å². The summed E-state index contributed by atoms with van der Waals surface area (Å²) in [6.45, 7) is 0. The van der Waals surface area contributed by atoms with E-state index in [-0.39, 0.29) is 0 Å². The lowest BCUT2D eigenvalue weighted by Gasteiger charge is -2.29. The molecule has 2 aliphatic rings. The van der Waals surface area contributed by atoms with Crippen molar-refractivity contribution in [2.24, 2.45) is 11.8 Å². The maximum absolute atomic E-state index is 11.0. The Morgan fingerprint density at radius 3 is 2.46 bits per heavy atom. The molecule has 1 nitrogen and oxygen atoms in total. The van der Waals surface area contributed by atoms with E-state index >= 15 is 0 Å².